The molecule has 214 valence electrons. The molecule has 5 rings (SSSR count). The Balaban J connectivity index is 1.45. The molecule has 1 fully saturated rings. The summed E-state index contributed by atoms with van der Waals surface area (Å²) in [5.41, 5.74) is 3.73. The van der Waals surface area contributed by atoms with E-state index in [2.05, 4.69) is 46.7 Å². The fourth-order valence-electron chi connectivity index (χ4n) is 4.35. The van der Waals surface area contributed by atoms with Crippen molar-refractivity contribution in [2.24, 2.45) is 0 Å². The summed E-state index contributed by atoms with van der Waals surface area (Å²) in [6.45, 7) is 6.09. The fraction of sp³-hybridized carbons (Fsp3) is 0.231. The number of benzene rings is 2. The zero-order chi connectivity index (χ0) is 29.0. The van der Waals surface area contributed by atoms with Crippen LogP contribution < -0.4 is 20.3 Å². The number of fused-ring (bicyclic) bond motifs is 1. The van der Waals surface area contributed by atoms with Gasteiger partial charge in [0.25, 0.3) is 0 Å². The summed E-state index contributed by atoms with van der Waals surface area (Å²) in [4.78, 5) is 43.6. The number of phosphoric acid groups is 1. The van der Waals surface area contributed by atoms with Crippen molar-refractivity contribution in [3.05, 3.63) is 61.3 Å². The van der Waals surface area contributed by atoms with Gasteiger partial charge in [-0.25, -0.2) is 14.1 Å². The SMILES string of the molecule is C=CC(=O)Nc1cccc(-c2nc(Nc3ccc(N4CCN(C)CC4)c(OCOP(=O)(O)O)c3)nc3[nH]ncc23)c1. The van der Waals surface area contributed by atoms with E-state index in [1.807, 2.05) is 25.2 Å². The first-order chi connectivity index (χ1) is 19.7. The number of amides is 1. The molecule has 5 N–H and O–H groups in total. The van der Waals surface area contributed by atoms with Crippen LogP contribution in [0.1, 0.15) is 0 Å². The van der Waals surface area contributed by atoms with Crippen LogP contribution in [0.3, 0.4) is 0 Å². The lowest BCUT2D eigenvalue weighted by atomic mass is 10.1. The third kappa shape index (κ3) is 7.06. The third-order valence-electron chi connectivity index (χ3n) is 6.39. The molecule has 0 spiro atoms. The minimum Gasteiger partial charge on any atom is -0.465 e. The molecule has 0 radical (unpaired) electrons. The summed E-state index contributed by atoms with van der Waals surface area (Å²) >= 11 is 0. The number of aromatic nitrogens is 4. The van der Waals surface area contributed by atoms with Crippen LogP contribution in [0.25, 0.3) is 22.3 Å². The van der Waals surface area contributed by atoms with E-state index >= 15 is 0 Å². The van der Waals surface area contributed by atoms with Crippen LogP contribution in [0, 0.1) is 0 Å². The van der Waals surface area contributed by atoms with Gasteiger partial charge in [0.15, 0.2) is 12.4 Å². The van der Waals surface area contributed by atoms with E-state index in [1.165, 1.54) is 6.08 Å². The van der Waals surface area contributed by atoms with Gasteiger partial charge in [-0.2, -0.15) is 10.1 Å². The van der Waals surface area contributed by atoms with Crippen molar-refractivity contribution >= 4 is 47.8 Å². The van der Waals surface area contributed by atoms with Crippen molar-refractivity contribution in [2.45, 2.75) is 0 Å². The molecule has 1 saturated heterocycles. The van der Waals surface area contributed by atoms with Crippen LogP contribution in [0.2, 0.25) is 0 Å². The number of anilines is 4. The topological polar surface area (TPSA) is 178 Å². The maximum atomic E-state index is 11.8. The molecule has 1 amide bonds. The summed E-state index contributed by atoms with van der Waals surface area (Å²) in [6.07, 6.45) is 2.82. The van der Waals surface area contributed by atoms with E-state index in [1.54, 1.807) is 30.5 Å². The lowest BCUT2D eigenvalue weighted by Gasteiger charge is -2.35. The van der Waals surface area contributed by atoms with Crippen LogP contribution in [0.15, 0.2) is 61.3 Å². The van der Waals surface area contributed by atoms with Gasteiger partial charge < -0.3 is 35.0 Å². The van der Waals surface area contributed by atoms with Gasteiger partial charge >= 0.3 is 7.82 Å². The molecule has 0 aliphatic carbocycles. The van der Waals surface area contributed by atoms with E-state index in [9.17, 15) is 9.36 Å². The lowest BCUT2D eigenvalue weighted by Crippen LogP contribution is -2.44. The molecule has 0 saturated carbocycles. The zero-order valence-corrected chi connectivity index (χ0v) is 23.0. The highest BCUT2D eigenvalue weighted by Gasteiger charge is 2.20. The quantitative estimate of drug-likeness (QED) is 0.105. The van der Waals surface area contributed by atoms with Gasteiger partial charge in [0.2, 0.25) is 11.9 Å². The Labute approximate surface area is 235 Å². The van der Waals surface area contributed by atoms with Crippen molar-refractivity contribution in [1.82, 2.24) is 25.1 Å². The number of nitrogens with zero attached hydrogens (tertiary/aromatic N) is 5. The van der Waals surface area contributed by atoms with Crippen LogP contribution in [-0.4, -0.2) is 80.8 Å². The van der Waals surface area contributed by atoms with Gasteiger partial charge in [-0.05, 0) is 37.4 Å². The van der Waals surface area contributed by atoms with Crippen LogP contribution in [0.5, 0.6) is 5.75 Å². The first-order valence-electron chi connectivity index (χ1n) is 12.6. The summed E-state index contributed by atoms with van der Waals surface area (Å²) < 4.78 is 21.4. The molecular weight excluding hydrogens is 551 g/mol. The monoisotopic (exact) mass is 580 g/mol. The molecular formula is C26H29N8O6P. The second-order valence-corrected chi connectivity index (χ2v) is 10.5. The maximum absolute atomic E-state index is 11.8. The summed E-state index contributed by atoms with van der Waals surface area (Å²) in [5, 5.41) is 13.6. The standard InChI is InChI=1S/C26H29N8O6P/c1-3-23(35)28-18-6-4-5-17(13-18)24-20-15-27-32-25(20)31-26(30-24)29-19-7-8-21(34-11-9-33(2)10-12-34)22(14-19)39-16-40-41(36,37)38/h3-8,13-15H,1,9-12,16H2,2H3,(H,28,35)(H2,36,37,38)(H2,27,29,30,31,32). The van der Waals surface area contributed by atoms with Crippen molar-refractivity contribution in [2.75, 3.05) is 55.6 Å². The minimum atomic E-state index is -4.71. The Morgan fingerprint density at radius 2 is 1.95 bits per heavy atom. The van der Waals surface area contributed by atoms with E-state index in [0.29, 0.717) is 33.9 Å². The number of carbonyl (C=O) groups excluding carboxylic acids is 1. The van der Waals surface area contributed by atoms with Gasteiger partial charge in [-0.1, -0.05) is 18.7 Å². The smallest absolute Gasteiger partial charge is 0.465 e. The predicted octanol–water partition coefficient (Wildman–Crippen LogP) is 3.09. The Kier molecular flexibility index (Phi) is 8.28. The van der Waals surface area contributed by atoms with E-state index in [-0.39, 0.29) is 11.9 Å². The number of ether oxygens (including phenoxy) is 1. The third-order valence-corrected chi connectivity index (χ3v) is 6.84. The molecule has 1 aliphatic heterocycles. The maximum Gasteiger partial charge on any atom is 0.472 e. The number of nitrogens with one attached hydrogen (secondary N) is 3. The average molecular weight is 581 g/mol. The summed E-state index contributed by atoms with van der Waals surface area (Å²) in [5.74, 6) is 0.313. The van der Waals surface area contributed by atoms with Crippen molar-refractivity contribution in [3.8, 4) is 17.0 Å². The average Bonchev–Trinajstić information content (AvgIpc) is 3.41. The molecule has 14 nitrogen and oxygen atoms in total. The molecule has 2 aromatic heterocycles. The fourth-order valence-corrected chi connectivity index (χ4v) is 4.54. The number of hydrogen-bond acceptors (Lipinski definition) is 10. The van der Waals surface area contributed by atoms with Gasteiger partial charge in [-0.15, -0.1) is 0 Å². The molecule has 15 heteroatoms. The highest BCUT2D eigenvalue weighted by Crippen LogP contribution is 2.38. The number of aromatic amines is 1. The minimum absolute atomic E-state index is 0.266. The van der Waals surface area contributed by atoms with Crippen molar-refractivity contribution < 1.29 is 28.4 Å². The lowest BCUT2D eigenvalue weighted by molar-refractivity contribution is -0.111. The molecule has 3 heterocycles. The number of carbonyl (C=O) groups is 1. The second kappa shape index (κ2) is 12.0. The number of rotatable bonds is 10. The molecule has 2 aromatic carbocycles. The molecule has 41 heavy (non-hydrogen) atoms. The largest absolute Gasteiger partial charge is 0.472 e. The first-order valence-corrected chi connectivity index (χ1v) is 14.1. The Hall–Kier alpha value is -4.33. The molecule has 0 bridgehead atoms. The molecule has 0 atom stereocenters. The molecule has 4 aromatic rings. The Morgan fingerprint density at radius 1 is 1.15 bits per heavy atom. The molecule has 0 unspecified atom stereocenters. The summed E-state index contributed by atoms with van der Waals surface area (Å²) in [7, 11) is -2.66. The van der Waals surface area contributed by atoms with Gasteiger partial charge in [0, 0.05) is 49.2 Å². The van der Waals surface area contributed by atoms with Crippen molar-refractivity contribution in [1.29, 1.82) is 0 Å². The molecule has 1 aliphatic rings. The number of hydrogen-bond donors (Lipinski definition) is 5. The second-order valence-electron chi connectivity index (χ2n) is 9.28. The van der Waals surface area contributed by atoms with Gasteiger partial charge in [0.05, 0.1) is 23.0 Å². The predicted molar refractivity (Wildman–Crippen MR) is 154 cm³/mol. The highest BCUT2D eigenvalue weighted by molar-refractivity contribution is 7.46. The van der Waals surface area contributed by atoms with E-state index < -0.39 is 14.6 Å². The number of H-pyrrole nitrogens is 1. The van der Waals surface area contributed by atoms with Crippen LogP contribution >= 0.6 is 7.82 Å². The van der Waals surface area contributed by atoms with Crippen LogP contribution in [0.4, 0.5) is 23.0 Å². The van der Waals surface area contributed by atoms with Gasteiger partial charge in [0.1, 0.15) is 5.75 Å². The van der Waals surface area contributed by atoms with Crippen LogP contribution in [-0.2, 0) is 13.9 Å². The Morgan fingerprint density at radius 3 is 2.71 bits per heavy atom. The highest BCUT2D eigenvalue weighted by atomic mass is 31.2. The van der Waals surface area contributed by atoms with Crippen molar-refractivity contribution in [3.63, 3.8) is 0 Å². The first kappa shape index (κ1) is 28.2. The Bertz CT molecular complexity index is 1610. The van der Waals surface area contributed by atoms with E-state index in [0.717, 1.165) is 37.4 Å². The summed E-state index contributed by atoms with van der Waals surface area (Å²) in [6, 6.07) is 12.6. The normalized spacial score (nSPS) is 14.2. The number of piperazine rings is 1. The van der Waals surface area contributed by atoms with Gasteiger partial charge in [-0.3, -0.25) is 9.89 Å². The van der Waals surface area contributed by atoms with E-state index in [4.69, 9.17) is 19.5 Å². The zero-order valence-electron chi connectivity index (χ0n) is 22.1. The number of likely N-dealkylation sites (N-methyl/N-ethyl adjacent to an activating group) is 1. The number of phosphoric ester groups is 1.